The van der Waals surface area contributed by atoms with Crippen molar-refractivity contribution in [3.05, 3.63) is 30.5 Å². The van der Waals surface area contributed by atoms with Crippen molar-refractivity contribution in [3.8, 4) is 5.75 Å². The van der Waals surface area contributed by atoms with E-state index >= 15 is 0 Å². The molecule has 7 nitrogen and oxygen atoms in total. The van der Waals surface area contributed by atoms with Crippen LogP contribution in [-0.2, 0) is 7.05 Å². The zero-order valence-corrected chi connectivity index (χ0v) is 14.5. The van der Waals surface area contributed by atoms with E-state index in [0.29, 0.717) is 12.0 Å². The maximum atomic E-state index is 5.21. The Morgan fingerprint density at radius 1 is 1.12 bits per heavy atom. The lowest BCUT2D eigenvalue weighted by Crippen LogP contribution is -2.17. The molecule has 0 aliphatic heterocycles. The molecule has 2 heterocycles. The largest absolute Gasteiger partial charge is 0.497 e. The van der Waals surface area contributed by atoms with Crippen LogP contribution >= 0.6 is 0 Å². The van der Waals surface area contributed by atoms with E-state index in [4.69, 9.17) is 9.72 Å². The smallest absolute Gasteiger partial charge is 0.226 e. The summed E-state index contributed by atoms with van der Waals surface area (Å²) >= 11 is 0. The minimum atomic E-state index is 0.458. The number of nitrogens with zero attached hydrogens (tertiary/aromatic N) is 4. The third kappa shape index (κ3) is 3.22. The van der Waals surface area contributed by atoms with Crippen LogP contribution in [0.2, 0.25) is 0 Å². The first-order valence-electron chi connectivity index (χ1n) is 8.60. The minimum Gasteiger partial charge on any atom is -0.497 e. The van der Waals surface area contributed by atoms with Crippen molar-refractivity contribution < 1.29 is 4.74 Å². The molecule has 0 saturated heterocycles. The minimum absolute atomic E-state index is 0.458. The van der Waals surface area contributed by atoms with Crippen molar-refractivity contribution in [1.29, 1.82) is 0 Å². The van der Waals surface area contributed by atoms with Gasteiger partial charge in [-0.2, -0.15) is 15.1 Å². The van der Waals surface area contributed by atoms with Gasteiger partial charge in [-0.1, -0.05) is 12.8 Å². The highest BCUT2D eigenvalue weighted by Crippen LogP contribution is 2.27. The first-order valence-corrected chi connectivity index (χ1v) is 8.60. The second kappa shape index (κ2) is 6.58. The molecule has 1 aliphatic carbocycles. The van der Waals surface area contributed by atoms with Gasteiger partial charge in [0, 0.05) is 18.8 Å². The molecule has 25 heavy (non-hydrogen) atoms. The van der Waals surface area contributed by atoms with E-state index in [1.165, 1.54) is 25.7 Å². The Bertz CT molecular complexity index is 867. The topological polar surface area (TPSA) is 76.9 Å². The quantitative estimate of drug-likeness (QED) is 0.742. The molecule has 0 atom stereocenters. The van der Waals surface area contributed by atoms with Crippen LogP contribution < -0.4 is 15.4 Å². The molecule has 2 aromatic heterocycles. The SMILES string of the molecule is COc1ccc(Nc2nc(NC3CCCC3)nc3c2cnn3C)cc1. The molecule has 130 valence electrons. The van der Waals surface area contributed by atoms with Crippen LogP contribution in [0.15, 0.2) is 30.5 Å². The Morgan fingerprint density at radius 2 is 1.88 bits per heavy atom. The Labute approximate surface area is 146 Å². The summed E-state index contributed by atoms with van der Waals surface area (Å²) in [6.45, 7) is 0. The average molecular weight is 338 g/mol. The highest BCUT2D eigenvalue weighted by Gasteiger charge is 2.18. The van der Waals surface area contributed by atoms with E-state index < -0.39 is 0 Å². The van der Waals surface area contributed by atoms with Gasteiger partial charge in [-0.25, -0.2) is 0 Å². The van der Waals surface area contributed by atoms with E-state index in [2.05, 4.69) is 20.7 Å². The number of fused-ring (bicyclic) bond motifs is 1. The van der Waals surface area contributed by atoms with Gasteiger partial charge in [0.25, 0.3) is 0 Å². The van der Waals surface area contributed by atoms with Crippen LogP contribution in [0.25, 0.3) is 11.0 Å². The van der Waals surface area contributed by atoms with Crippen molar-refractivity contribution in [1.82, 2.24) is 19.7 Å². The van der Waals surface area contributed by atoms with E-state index in [-0.39, 0.29) is 0 Å². The lowest BCUT2D eigenvalue weighted by Gasteiger charge is -2.14. The molecule has 1 aliphatic rings. The third-order valence-electron chi connectivity index (χ3n) is 4.63. The van der Waals surface area contributed by atoms with Crippen molar-refractivity contribution in [3.63, 3.8) is 0 Å². The third-order valence-corrected chi connectivity index (χ3v) is 4.63. The molecule has 2 N–H and O–H groups in total. The summed E-state index contributed by atoms with van der Waals surface area (Å²) < 4.78 is 6.98. The number of hydrogen-bond acceptors (Lipinski definition) is 6. The Morgan fingerprint density at radius 3 is 2.60 bits per heavy atom. The van der Waals surface area contributed by atoms with Crippen LogP contribution in [0, 0.1) is 0 Å². The molecule has 1 aromatic carbocycles. The van der Waals surface area contributed by atoms with Crippen LogP contribution in [0.3, 0.4) is 0 Å². The number of aryl methyl sites for hydroxylation is 1. The summed E-state index contributed by atoms with van der Waals surface area (Å²) in [6, 6.07) is 8.23. The van der Waals surface area contributed by atoms with E-state index in [1.54, 1.807) is 18.0 Å². The van der Waals surface area contributed by atoms with Crippen LogP contribution in [-0.4, -0.2) is 32.9 Å². The maximum absolute atomic E-state index is 5.21. The van der Waals surface area contributed by atoms with Crippen molar-refractivity contribution in [2.24, 2.45) is 7.05 Å². The van der Waals surface area contributed by atoms with Gasteiger partial charge >= 0.3 is 0 Å². The summed E-state index contributed by atoms with van der Waals surface area (Å²) in [5.41, 5.74) is 1.75. The van der Waals surface area contributed by atoms with Gasteiger partial charge in [0.1, 0.15) is 11.6 Å². The van der Waals surface area contributed by atoms with Crippen LogP contribution in [0.1, 0.15) is 25.7 Å². The zero-order chi connectivity index (χ0) is 17.2. The monoisotopic (exact) mass is 338 g/mol. The van der Waals surface area contributed by atoms with Gasteiger partial charge in [0.15, 0.2) is 5.65 Å². The number of nitrogens with one attached hydrogen (secondary N) is 2. The Hall–Kier alpha value is -2.83. The highest BCUT2D eigenvalue weighted by molar-refractivity contribution is 5.89. The number of benzene rings is 1. The molecular weight excluding hydrogens is 316 g/mol. The first kappa shape index (κ1) is 15.7. The predicted octanol–water partition coefficient (Wildman–Crippen LogP) is 3.47. The maximum Gasteiger partial charge on any atom is 0.226 e. The molecule has 0 radical (unpaired) electrons. The fraction of sp³-hybridized carbons (Fsp3) is 0.389. The summed E-state index contributed by atoms with van der Waals surface area (Å²) in [6.07, 6.45) is 6.67. The summed E-state index contributed by atoms with van der Waals surface area (Å²) in [5, 5.41) is 12.1. The molecule has 0 bridgehead atoms. The highest BCUT2D eigenvalue weighted by atomic mass is 16.5. The molecule has 7 heteroatoms. The Balaban J connectivity index is 1.67. The number of ether oxygens (including phenoxy) is 1. The van der Waals surface area contributed by atoms with Crippen molar-refractivity contribution >= 4 is 28.5 Å². The molecular formula is C18H22N6O. The zero-order valence-electron chi connectivity index (χ0n) is 14.5. The van der Waals surface area contributed by atoms with Gasteiger partial charge in [-0.05, 0) is 37.1 Å². The van der Waals surface area contributed by atoms with E-state index in [0.717, 1.165) is 28.3 Å². The number of rotatable bonds is 5. The second-order valence-corrected chi connectivity index (χ2v) is 6.38. The lowest BCUT2D eigenvalue weighted by atomic mass is 10.2. The first-order chi connectivity index (χ1) is 12.2. The van der Waals surface area contributed by atoms with Crippen LogP contribution in [0.4, 0.5) is 17.5 Å². The predicted molar refractivity (Wildman–Crippen MR) is 98.5 cm³/mol. The number of methoxy groups -OCH3 is 1. The number of aromatic nitrogens is 4. The second-order valence-electron chi connectivity index (χ2n) is 6.38. The molecule has 3 aromatic rings. The number of anilines is 3. The molecule has 0 unspecified atom stereocenters. The van der Waals surface area contributed by atoms with E-state index in [1.807, 2.05) is 31.3 Å². The molecule has 1 saturated carbocycles. The summed E-state index contributed by atoms with van der Waals surface area (Å²) in [5.74, 6) is 2.23. The number of hydrogen-bond donors (Lipinski definition) is 2. The average Bonchev–Trinajstić information content (AvgIpc) is 3.26. The molecule has 0 spiro atoms. The Kier molecular flexibility index (Phi) is 4.13. The normalized spacial score (nSPS) is 14.8. The molecule has 1 fully saturated rings. The fourth-order valence-corrected chi connectivity index (χ4v) is 3.25. The summed E-state index contributed by atoms with van der Waals surface area (Å²) in [7, 11) is 3.55. The summed E-state index contributed by atoms with van der Waals surface area (Å²) in [4.78, 5) is 9.34. The van der Waals surface area contributed by atoms with Gasteiger partial charge < -0.3 is 15.4 Å². The molecule has 4 rings (SSSR count). The van der Waals surface area contributed by atoms with Gasteiger partial charge in [0.05, 0.1) is 18.7 Å². The lowest BCUT2D eigenvalue weighted by molar-refractivity contribution is 0.415. The standard InChI is InChI=1S/C18H22N6O/c1-24-17-15(11-19-24)16(20-13-7-9-14(25-2)10-8-13)22-18(23-17)21-12-5-3-4-6-12/h7-12H,3-6H2,1-2H3,(H2,20,21,22,23). The van der Waals surface area contributed by atoms with Crippen molar-refractivity contribution in [2.45, 2.75) is 31.7 Å². The van der Waals surface area contributed by atoms with Gasteiger partial charge in [-0.15, -0.1) is 0 Å². The van der Waals surface area contributed by atoms with Crippen molar-refractivity contribution in [2.75, 3.05) is 17.7 Å². The van der Waals surface area contributed by atoms with Gasteiger partial charge in [0.2, 0.25) is 5.95 Å². The molecule has 0 amide bonds. The van der Waals surface area contributed by atoms with Gasteiger partial charge in [-0.3, -0.25) is 4.68 Å². The van der Waals surface area contributed by atoms with Crippen LogP contribution in [0.5, 0.6) is 5.75 Å². The fourth-order valence-electron chi connectivity index (χ4n) is 3.25. The van der Waals surface area contributed by atoms with E-state index in [9.17, 15) is 0 Å².